The molecule has 65 heavy (non-hydrogen) atoms. The monoisotopic (exact) mass is 934 g/mol. The van der Waals surface area contributed by atoms with Crippen LogP contribution in [0.3, 0.4) is 0 Å². The summed E-state index contributed by atoms with van der Waals surface area (Å²) in [5.41, 5.74) is 0. The van der Waals surface area contributed by atoms with E-state index in [1.165, 1.54) is 154 Å². The van der Waals surface area contributed by atoms with Gasteiger partial charge in [-0.3, -0.25) is 9.36 Å². The highest BCUT2D eigenvalue weighted by molar-refractivity contribution is 7.45. The lowest BCUT2D eigenvalue weighted by atomic mass is 10.0. The van der Waals surface area contributed by atoms with Gasteiger partial charge in [0.25, 0.3) is 7.82 Å². The fourth-order valence-corrected chi connectivity index (χ4v) is 8.14. The van der Waals surface area contributed by atoms with Gasteiger partial charge in [-0.05, 0) is 77.0 Å². The summed E-state index contributed by atoms with van der Waals surface area (Å²) in [6.07, 6.45) is 62.5. The Morgan fingerprint density at radius 3 is 1.35 bits per heavy atom. The van der Waals surface area contributed by atoms with E-state index in [1.54, 1.807) is 0 Å². The molecule has 0 aromatic heterocycles. The van der Waals surface area contributed by atoms with Gasteiger partial charge in [0.05, 0.1) is 34.4 Å². The van der Waals surface area contributed by atoms with Gasteiger partial charge in [-0.15, -0.1) is 0 Å². The Morgan fingerprint density at radius 2 is 0.892 bits per heavy atom. The molecule has 0 aromatic carbocycles. The Bertz CT molecular complexity index is 1220. The van der Waals surface area contributed by atoms with E-state index in [1.807, 2.05) is 21.1 Å². The van der Waals surface area contributed by atoms with Crippen LogP contribution in [0.4, 0.5) is 0 Å². The standard InChI is InChI=1S/C56H104NO7P/c1-6-8-10-12-14-16-18-20-22-24-25-26-27-28-29-30-31-32-34-36-38-40-42-44-46-48-51-61-53-55(54-63-65(59,60)62-52-50-57(3,4)5)64-56(58)49-47-45-43-41-39-37-35-33-23-21-19-17-15-13-11-9-7-2/h8,10,14,16,20-23,25-26,55H,6-7,9,11-13,15,17-19,24,27-54H2,1-5H3/b10-8-,16-14-,22-20-,23-21-,26-25-. The third-order valence-electron chi connectivity index (χ3n) is 11.6. The minimum absolute atomic E-state index is 0.0240. The maximum Gasteiger partial charge on any atom is 0.306 e. The molecule has 0 fully saturated rings. The maximum atomic E-state index is 12.8. The molecule has 8 nitrogen and oxygen atoms in total. The Hall–Kier alpha value is -1.80. The third kappa shape index (κ3) is 53.0. The Labute approximate surface area is 402 Å². The first-order valence-electron chi connectivity index (χ1n) is 27.0. The van der Waals surface area contributed by atoms with Crippen molar-refractivity contribution in [1.82, 2.24) is 0 Å². The van der Waals surface area contributed by atoms with Gasteiger partial charge in [0.15, 0.2) is 0 Å². The number of rotatable bonds is 50. The van der Waals surface area contributed by atoms with Crippen LogP contribution >= 0.6 is 7.82 Å². The van der Waals surface area contributed by atoms with Crippen LogP contribution in [0.5, 0.6) is 0 Å². The van der Waals surface area contributed by atoms with Crippen molar-refractivity contribution in [3.8, 4) is 0 Å². The van der Waals surface area contributed by atoms with Crippen LogP contribution in [0.2, 0.25) is 0 Å². The van der Waals surface area contributed by atoms with Crippen molar-refractivity contribution in [3.63, 3.8) is 0 Å². The van der Waals surface area contributed by atoms with Crippen LogP contribution in [-0.2, 0) is 27.9 Å². The highest BCUT2D eigenvalue weighted by Crippen LogP contribution is 2.38. The minimum atomic E-state index is -4.53. The zero-order valence-electron chi connectivity index (χ0n) is 43.2. The van der Waals surface area contributed by atoms with Crippen molar-refractivity contribution in [2.75, 3.05) is 54.1 Å². The molecule has 0 aliphatic heterocycles. The number of allylic oxidation sites excluding steroid dienone is 10. The van der Waals surface area contributed by atoms with Crippen molar-refractivity contribution >= 4 is 13.8 Å². The summed E-state index contributed by atoms with van der Waals surface area (Å²) in [7, 11) is 1.35. The van der Waals surface area contributed by atoms with E-state index in [4.69, 9.17) is 18.5 Å². The summed E-state index contributed by atoms with van der Waals surface area (Å²) >= 11 is 0. The van der Waals surface area contributed by atoms with Gasteiger partial charge in [0.2, 0.25) is 0 Å². The maximum absolute atomic E-state index is 12.8. The molecule has 0 saturated carbocycles. The molecule has 0 radical (unpaired) electrons. The molecule has 2 atom stereocenters. The molecular weight excluding hydrogens is 830 g/mol. The first-order valence-corrected chi connectivity index (χ1v) is 28.5. The molecule has 2 unspecified atom stereocenters. The first-order chi connectivity index (χ1) is 31.6. The lowest BCUT2D eigenvalue weighted by Crippen LogP contribution is -2.37. The van der Waals surface area contributed by atoms with Crippen LogP contribution in [0.15, 0.2) is 60.8 Å². The average Bonchev–Trinajstić information content (AvgIpc) is 3.27. The fraction of sp³-hybridized carbons (Fsp3) is 0.804. The minimum Gasteiger partial charge on any atom is -0.756 e. The zero-order chi connectivity index (χ0) is 47.6. The molecular formula is C56H104NO7P. The van der Waals surface area contributed by atoms with E-state index in [2.05, 4.69) is 74.6 Å². The second-order valence-electron chi connectivity index (χ2n) is 19.2. The number of carbonyl (C=O) groups is 1. The quantitative estimate of drug-likeness (QED) is 0.0197. The molecule has 9 heteroatoms. The average molecular weight is 934 g/mol. The van der Waals surface area contributed by atoms with Crippen molar-refractivity contribution in [2.24, 2.45) is 0 Å². The molecule has 0 amide bonds. The first kappa shape index (κ1) is 63.2. The van der Waals surface area contributed by atoms with Gasteiger partial charge < -0.3 is 27.9 Å². The predicted molar refractivity (Wildman–Crippen MR) is 277 cm³/mol. The number of hydrogen-bond donors (Lipinski definition) is 0. The summed E-state index contributed by atoms with van der Waals surface area (Å²) in [5.74, 6) is -0.338. The molecule has 0 N–H and O–H groups in total. The highest BCUT2D eigenvalue weighted by Gasteiger charge is 2.20. The largest absolute Gasteiger partial charge is 0.756 e. The van der Waals surface area contributed by atoms with Crippen LogP contribution in [-0.4, -0.2) is 70.7 Å². The normalized spacial score (nSPS) is 14.0. The molecule has 380 valence electrons. The number of ether oxygens (including phenoxy) is 2. The number of quaternary nitrogens is 1. The van der Waals surface area contributed by atoms with Gasteiger partial charge in [-0.2, -0.15) is 0 Å². The summed E-state index contributed by atoms with van der Waals surface area (Å²) in [5, 5.41) is 0. The zero-order valence-corrected chi connectivity index (χ0v) is 44.1. The Morgan fingerprint density at radius 1 is 0.492 bits per heavy atom. The molecule has 0 aliphatic rings. The SMILES string of the molecule is CC/C=C\C/C=C\C/C=C\C/C=C\CCCCCCCCCCCCCCCOCC(COP(=O)([O-])OCC[N+](C)(C)C)OC(=O)CCCCCCCCC/C=C\CCCCCCCC. The highest BCUT2D eigenvalue weighted by atomic mass is 31.2. The summed E-state index contributed by atoms with van der Waals surface area (Å²) in [4.78, 5) is 25.2. The Kier molecular flexibility index (Phi) is 47.3. The molecule has 0 aliphatic carbocycles. The molecule has 0 aromatic rings. The number of nitrogens with zero attached hydrogens (tertiary/aromatic N) is 1. The van der Waals surface area contributed by atoms with E-state index < -0.39 is 13.9 Å². The van der Waals surface area contributed by atoms with Crippen LogP contribution in [0.25, 0.3) is 0 Å². The number of unbranched alkanes of at least 4 members (excludes halogenated alkanes) is 26. The molecule has 0 heterocycles. The van der Waals surface area contributed by atoms with E-state index in [9.17, 15) is 14.3 Å². The van der Waals surface area contributed by atoms with Gasteiger partial charge >= 0.3 is 5.97 Å². The van der Waals surface area contributed by atoms with Gasteiger partial charge in [-0.25, -0.2) is 0 Å². The molecule has 0 saturated heterocycles. The lowest BCUT2D eigenvalue weighted by molar-refractivity contribution is -0.870. The number of phosphoric acid groups is 1. The van der Waals surface area contributed by atoms with E-state index >= 15 is 0 Å². The van der Waals surface area contributed by atoms with Gasteiger partial charge in [-0.1, -0.05) is 209 Å². The molecule has 0 rings (SSSR count). The third-order valence-corrected chi connectivity index (χ3v) is 12.5. The summed E-state index contributed by atoms with van der Waals surface area (Å²) in [6.45, 7) is 5.31. The number of phosphoric ester groups is 1. The van der Waals surface area contributed by atoms with Crippen LogP contribution in [0, 0.1) is 0 Å². The van der Waals surface area contributed by atoms with E-state index in [0.717, 1.165) is 57.8 Å². The second kappa shape index (κ2) is 48.6. The fourth-order valence-electron chi connectivity index (χ4n) is 7.42. The van der Waals surface area contributed by atoms with Crippen molar-refractivity contribution in [3.05, 3.63) is 60.8 Å². The topological polar surface area (TPSA) is 94.1 Å². The predicted octanol–water partition coefficient (Wildman–Crippen LogP) is 16.2. The smallest absolute Gasteiger partial charge is 0.306 e. The molecule has 0 spiro atoms. The number of carbonyl (C=O) groups excluding carboxylic acids is 1. The van der Waals surface area contributed by atoms with Crippen molar-refractivity contribution in [2.45, 2.75) is 238 Å². The lowest BCUT2D eigenvalue weighted by Gasteiger charge is -2.28. The van der Waals surface area contributed by atoms with Gasteiger partial charge in [0.1, 0.15) is 19.3 Å². The summed E-state index contributed by atoms with van der Waals surface area (Å²) < 4.78 is 34.8. The van der Waals surface area contributed by atoms with Crippen molar-refractivity contribution in [1.29, 1.82) is 0 Å². The van der Waals surface area contributed by atoms with E-state index in [0.29, 0.717) is 24.1 Å². The number of esters is 1. The van der Waals surface area contributed by atoms with Gasteiger partial charge in [0, 0.05) is 13.0 Å². The Balaban J connectivity index is 4.08. The molecule has 0 bridgehead atoms. The van der Waals surface area contributed by atoms with Crippen LogP contribution < -0.4 is 4.89 Å². The number of hydrogen-bond acceptors (Lipinski definition) is 7. The van der Waals surface area contributed by atoms with Crippen LogP contribution in [0.1, 0.15) is 232 Å². The summed E-state index contributed by atoms with van der Waals surface area (Å²) in [6, 6.07) is 0. The van der Waals surface area contributed by atoms with E-state index in [-0.39, 0.29) is 25.8 Å². The second-order valence-corrected chi connectivity index (χ2v) is 20.6. The number of likely N-dealkylation sites (N-methyl/N-ethyl adjacent to an activating group) is 1. The van der Waals surface area contributed by atoms with Crippen molar-refractivity contribution < 1.29 is 37.3 Å².